The predicted molar refractivity (Wildman–Crippen MR) is 73.0 cm³/mol. The first-order valence-corrected chi connectivity index (χ1v) is 6.34. The van der Waals surface area contributed by atoms with Crippen LogP contribution in [0.3, 0.4) is 0 Å². The Morgan fingerprint density at radius 3 is 2.53 bits per heavy atom. The van der Waals surface area contributed by atoms with Crippen LogP contribution in [0.25, 0.3) is 0 Å². The van der Waals surface area contributed by atoms with E-state index in [-0.39, 0.29) is 12.5 Å². The lowest BCUT2D eigenvalue weighted by atomic mass is 9.99. The van der Waals surface area contributed by atoms with E-state index in [4.69, 9.17) is 0 Å². The number of hydrogen-bond donors (Lipinski definition) is 3. The van der Waals surface area contributed by atoms with E-state index in [9.17, 15) is 14.7 Å². The summed E-state index contributed by atoms with van der Waals surface area (Å²) < 4.78 is 0. The molecule has 0 spiro atoms. The van der Waals surface area contributed by atoms with Crippen LogP contribution in [0.4, 0.5) is 0 Å². The molecule has 0 radical (unpaired) electrons. The molecule has 5 heteroatoms. The first-order chi connectivity index (χ1) is 9.15. The molecule has 0 heterocycles. The molecular formula is C14H20N2O3. The third-order valence-electron chi connectivity index (χ3n) is 2.83. The second kappa shape index (κ2) is 8.26. The van der Waals surface area contributed by atoms with Crippen molar-refractivity contribution in [3.8, 4) is 0 Å². The molecule has 0 aliphatic rings. The van der Waals surface area contributed by atoms with Crippen LogP contribution >= 0.6 is 0 Å². The number of hydrogen-bond acceptors (Lipinski definition) is 3. The minimum Gasteiger partial charge on any atom is -0.481 e. The van der Waals surface area contributed by atoms with Crippen LogP contribution in [-0.4, -0.2) is 37.1 Å². The van der Waals surface area contributed by atoms with Gasteiger partial charge in [-0.05, 0) is 25.6 Å². The maximum Gasteiger partial charge on any atom is 0.312 e. The van der Waals surface area contributed by atoms with E-state index in [2.05, 4.69) is 10.6 Å². The van der Waals surface area contributed by atoms with Gasteiger partial charge in [-0.3, -0.25) is 9.59 Å². The number of carbonyl (C=O) groups excluding carboxylic acids is 1. The fraction of sp³-hybridized carbons (Fsp3) is 0.429. The Morgan fingerprint density at radius 2 is 1.95 bits per heavy atom. The molecule has 0 bridgehead atoms. The number of rotatable bonds is 8. The Balaban J connectivity index is 2.47. The van der Waals surface area contributed by atoms with Crippen LogP contribution in [0.5, 0.6) is 0 Å². The fourth-order valence-electron chi connectivity index (χ4n) is 1.76. The van der Waals surface area contributed by atoms with E-state index >= 15 is 0 Å². The topological polar surface area (TPSA) is 78.4 Å². The number of nitrogens with one attached hydrogen (secondary N) is 2. The minimum atomic E-state index is -0.929. The van der Waals surface area contributed by atoms with Crippen molar-refractivity contribution in [3.63, 3.8) is 0 Å². The molecule has 0 aromatic heterocycles. The molecule has 19 heavy (non-hydrogen) atoms. The number of aliphatic carboxylic acids is 1. The van der Waals surface area contributed by atoms with Crippen molar-refractivity contribution < 1.29 is 14.7 Å². The zero-order valence-electron chi connectivity index (χ0n) is 11.1. The van der Waals surface area contributed by atoms with E-state index < -0.39 is 11.9 Å². The minimum absolute atomic E-state index is 0.113. The summed E-state index contributed by atoms with van der Waals surface area (Å²) in [6.45, 7) is 0.895. The van der Waals surface area contributed by atoms with Gasteiger partial charge in [0.25, 0.3) is 0 Å². The first kappa shape index (κ1) is 15.2. The van der Waals surface area contributed by atoms with Gasteiger partial charge in [0, 0.05) is 13.0 Å². The SMILES string of the molecule is CNCCCC(=O)NCC(C(=O)O)c1ccccc1. The second-order valence-corrected chi connectivity index (χ2v) is 4.31. The maximum atomic E-state index is 11.5. The Hall–Kier alpha value is -1.88. The van der Waals surface area contributed by atoms with Gasteiger partial charge in [-0.2, -0.15) is 0 Å². The van der Waals surface area contributed by atoms with Gasteiger partial charge in [-0.15, -0.1) is 0 Å². The van der Waals surface area contributed by atoms with Crippen molar-refractivity contribution in [2.75, 3.05) is 20.1 Å². The molecule has 0 saturated heterocycles. The molecule has 0 aliphatic heterocycles. The monoisotopic (exact) mass is 264 g/mol. The highest BCUT2D eigenvalue weighted by Crippen LogP contribution is 2.14. The highest BCUT2D eigenvalue weighted by Gasteiger charge is 2.20. The molecular weight excluding hydrogens is 244 g/mol. The molecule has 0 saturated carbocycles. The van der Waals surface area contributed by atoms with Crippen molar-refractivity contribution in [2.24, 2.45) is 0 Å². The smallest absolute Gasteiger partial charge is 0.312 e. The number of benzene rings is 1. The highest BCUT2D eigenvalue weighted by molar-refractivity contribution is 5.79. The van der Waals surface area contributed by atoms with Crippen LogP contribution in [0.15, 0.2) is 30.3 Å². The first-order valence-electron chi connectivity index (χ1n) is 6.34. The van der Waals surface area contributed by atoms with Crippen LogP contribution in [0.2, 0.25) is 0 Å². The van der Waals surface area contributed by atoms with Crippen LogP contribution in [-0.2, 0) is 9.59 Å². The summed E-state index contributed by atoms with van der Waals surface area (Å²) in [4.78, 5) is 22.8. The van der Waals surface area contributed by atoms with Crippen molar-refractivity contribution in [1.29, 1.82) is 0 Å². The van der Waals surface area contributed by atoms with E-state index in [0.29, 0.717) is 12.0 Å². The van der Waals surface area contributed by atoms with Crippen molar-refractivity contribution in [1.82, 2.24) is 10.6 Å². The quantitative estimate of drug-likeness (QED) is 0.611. The van der Waals surface area contributed by atoms with Gasteiger partial charge in [0.1, 0.15) is 0 Å². The third kappa shape index (κ3) is 5.52. The van der Waals surface area contributed by atoms with Gasteiger partial charge >= 0.3 is 5.97 Å². The zero-order valence-corrected chi connectivity index (χ0v) is 11.1. The largest absolute Gasteiger partial charge is 0.481 e. The number of amides is 1. The van der Waals surface area contributed by atoms with E-state index in [1.54, 1.807) is 24.3 Å². The normalized spacial score (nSPS) is 11.8. The summed E-state index contributed by atoms with van der Waals surface area (Å²) in [5.41, 5.74) is 0.700. The van der Waals surface area contributed by atoms with Crippen molar-refractivity contribution in [3.05, 3.63) is 35.9 Å². The van der Waals surface area contributed by atoms with Crippen molar-refractivity contribution >= 4 is 11.9 Å². The molecule has 1 aromatic carbocycles. The average molecular weight is 264 g/mol. The van der Waals surface area contributed by atoms with E-state index in [1.807, 2.05) is 13.1 Å². The zero-order chi connectivity index (χ0) is 14.1. The van der Waals surface area contributed by atoms with E-state index in [0.717, 1.165) is 13.0 Å². The summed E-state index contributed by atoms with van der Waals surface area (Å²) in [5, 5.41) is 14.8. The molecule has 1 rings (SSSR count). The molecule has 1 aromatic rings. The number of carbonyl (C=O) groups is 2. The highest BCUT2D eigenvalue weighted by atomic mass is 16.4. The molecule has 0 aliphatic carbocycles. The number of carboxylic acids is 1. The van der Waals surface area contributed by atoms with Crippen molar-refractivity contribution in [2.45, 2.75) is 18.8 Å². The Labute approximate surface area is 113 Å². The summed E-state index contributed by atoms with van der Waals surface area (Å²) in [5.74, 6) is -1.74. The standard InChI is InChI=1S/C14H20N2O3/c1-15-9-5-8-13(17)16-10-12(14(18)19)11-6-3-2-4-7-11/h2-4,6-7,12,15H,5,8-10H2,1H3,(H,16,17)(H,18,19). The van der Waals surface area contributed by atoms with E-state index in [1.165, 1.54) is 0 Å². The fourth-order valence-corrected chi connectivity index (χ4v) is 1.76. The van der Waals surface area contributed by atoms with Gasteiger partial charge in [0.2, 0.25) is 5.91 Å². The summed E-state index contributed by atoms with van der Waals surface area (Å²) in [6.07, 6.45) is 1.15. The van der Waals surface area contributed by atoms with Gasteiger partial charge in [-0.25, -0.2) is 0 Å². The molecule has 1 unspecified atom stereocenters. The molecule has 5 nitrogen and oxygen atoms in total. The molecule has 3 N–H and O–H groups in total. The summed E-state index contributed by atoms with van der Waals surface area (Å²) in [6, 6.07) is 8.93. The second-order valence-electron chi connectivity index (χ2n) is 4.31. The Bertz CT molecular complexity index is 406. The third-order valence-corrected chi connectivity index (χ3v) is 2.83. The van der Waals surface area contributed by atoms with Gasteiger partial charge in [0.15, 0.2) is 0 Å². The lowest BCUT2D eigenvalue weighted by molar-refractivity contribution is -0.138. The van der Waals surface area contributed by atoms with Gasteiger partial charge in [0.05, 0.1) is 5.92 Å². The summed E-state index contributed by atoms with van der Waals surface area (Å²) >= 11 is 0. The summed E-state index contributed by atoms with van der Waals surface area (Å²) in [7, 11) is 1.83. The molecule has 1 atom stereocenters. The lowest BCUT2D eigenvalue weighted by Crippen LogP contribution is -2.31. The van der Waals surface area contributed by atoms with Gasteiger partial charge < -0.3 is 15.7 Å². The molecule has 0 fully saturated rings. The van der Waals surface area contributed by atoms with Gasteiger partial charge in [-0.1, -0.05) is 30.3 Å². The molecule has 104 valence electrons. The predicted octanol–water partition coefficient (Wildman–Crippen LogP) is 0.971. The Morgan fingerprint density at radius 1 is 1.26 bits per heavy atom. The maximum absolute atomic E-state index is 11.5. The number of carboxylic acid groups (broad SMARTS) is 1. The molecule has 1 amide bonds. The van der Waals surface area contributed by atoms with Crippen LogP contribution in [0, 0.1) is 0 Å². The lowest BCUT2D eigenvalue weighted by Gasteiger charge is -2.13. The van der Waals surface area contributed by atoms with Crippen LogP contribution in [0.1, 0.15) is 24.3 Å². The average Bonchev–Trinajstić information content (AvgIpc) is 2.40. The Kier molecular flexibility index (Phi) is 6.60. The van der Waals surface area contributed by atoms with Crippen LogP contribution < -0.4 is 10.6 Å².